The Morgan fingerprint density at radius 1 is 1.35 bits per heavy atom. The minimum atomic E-state index is -1.10. The van der Waals surface area contributed by atoms with Crippen molar-refractivity contribution in [1.29, 1.82) is 0 Å². The van der Waals surface area contributed by atoms with E-state index in [1.165, 1.54) is 6.42 Å². The monoisotopic (exact) mass is 294 g/mol. The molecule has 0 spiro atoms. The molecule has 2 atom stereocenters. The Hall–Kier alpha value is -1.36. The minimum absolute atomic E-state index is 0.172. The SMILES string of the molecule is CC(C(=O)Nc1cccc(N)c1)S(=O)C1CCCCC1. The number of nitrogens with one attached hydrogen (secondary N) is 1. The van der Waals surface area contributed by atoms with Crippen LogP contribution in [0.4, 0.5) is 11.4 Å². The van der Waals surface area contributed by atoms with E-state index < -0.39 is 16.0 Å². The van der Waals surface area contributed by atoms with Gasteiger partial charge in [0.15, 0.2) is 0 Å². The molecule has 1 aliphatic carbocycles. The average molecular weight is 294 g/mol. The molecule has 1 aliphatic rings. The maximum absolute atomic E-state index is 12.4. The highest BCUT2D eigenvalue weighted by Gasteiger charge is 2.28. The zero-order chi connectivity index (χ0) is 14.5. The number of nitrogen functional groups attached to an aromatic ring is 1. The number of nitrogens with two attached hydrogens (primary N) is 1. The van der Waals surface area contributed by atoms with E-state index in [-0.39, 0.29) is 11.2 Å². The van der Waals surface area contributed by atoms with Gasteiger partial charge in [0.2, 0.25) is 5.91 Å². The molecular formula is C15H22N2O2S. The lowest BCUT2D eigenvalue weighted by molar-refractivity contribution is -0.115. The number of anilines is 2. The summed E-state index contributed by atoms with van der Waals surface area (Å²) in [6.07, 6.45) is 5.42. The Balaban J connectivity index is 1.95. The molecule has 20 heavy (non-hydrogen) atoms. The first-order chi connectivity index (χ1) is 9.58. The number of hydrogen-bond acceptors (Lipinski definition) is 3. The van der Waals surface area contributed by atoms with Gasteiger partial charge in [-0.15, -0.1) is 0 Å². The van der Waals surface area contributed by atoms with Crippen LogP contribution < -0.4 is 11.1 Å². The largest absolute Gasteiger partial charge is 0.399 e. The van der Waals surface area contributed by atoms with Crippen LogP contribution in [0.3, 0.4) is 0 Å². The highest BCUT2D eigenvalue weighted by Crippen LogP contribution is 2.24. The predicted molar refractivity (Wildman–Crippen MR) is 84.0 cm³/mol. The molecule has 5 heteroatoms. The number of carbonyl (C=O) groups excluding carboxylic acids is 1. The number of hydrogen-bond donors (Lipinski definition) is 2. The molecule has 0 aromatic heterocycles. The number of rotatable bonds is 4. The molecule has 2 unspecified atom stereocenters. The molecule has 0 heterocycles. The summed E-state index contributed by atoms with van der Waals surface area (Å²) >= 11 is 0. The number of carbonyl (C=O) groups is 1. The van der Waals surface area contributed by atoms with Crippen LogP contribution in [0.5, 0.6) is 0 Å². The highest BCUT2D eigenvalue weighted by molar-refractivity contribution is 7.87. The van der Waals surface area contributed by atoms with Gasteiger partial charge in [-0.05, 0) is 38.0 Å². The first-order valence-electron chi connectivity index (χ1n) is 7.13. The molecule has 0 saturated heterocycles. The zero-order valence-corrected chi connectivity index (χ0v) is 12.6. The molecule has 3 N–H and O–H groups in total. The third-order valence-electron chi connectivity index (χ3n) is 3.75. The lowest BCUT2D eigenvalue weighted by atomic mass is 10.0. The summed E-state index contributed by atoms with van der Waals surface area (Å²) in [6.45, 7) is 1.74. The molecule has 2 rings (SSSR count). The summed E-state index contributed by atoms with van der Waals surface area (Å²) in [5, 5.41) is 2.48. The van der Waals surface area contributed by atoms with Crippen LogP contribution in [-0.4, -0.2) is 20.6 Å². The standard InChI is InChI=1S/C15H22N2O2S/c1-11(20(19)14-8-3-2-4-9-14)15(18)17-13-7-5-6-12(16)10-13/h5-7,10-11,14H,2-4,8-9,16H2,1H3,(H,17,18). The van der Waals surface area contributed by atoms with E-state index in [9.17, 15) is 9.00 Å². The van der Waals surface area contributed by atoms with Crippen LogP contribution in [0.15, 0.2) is 24.3 Å². The van der Waals surface area contributed by atoms with Gasteiger partial charge < -0.3 is 11.1 Å². The van der Waals surface area contributed by atoms with Gasteiger partial charge in [0, 0.05) is 27.4 Å². The Morgan fingerprint density at radius 3 is 2.70 bits per heavy atom. The Labute approximate surface area is 122 Å². The maximum atomic E-state index is 12.4. The van der Waals surface area contributed by atoms with Crippen LogP contribution in [0.25, 0.3) is 0 Å². The van der Waals surface area contributed by atoms with Crippen molar-refractivity contribution in [3.05, 3.63) is 24.3 Å². The normalized spacial score (nSPS) is 19.2. The second kappa shape index (κ2) is 6.88. The molecule has 1 amide bonds. The third-order valence-corrected chi connectivity index (χ3v) is 5.79. The van der Waals surface area contributed by atoms with Gasteiger partial charge in [-0.3, -0.25) is 9.00 Å². The second-order valence-electron chi connectivity index (χ2n) is 5.35. The molecule has 0 aliphatic heterocycles. The fraction of sp³-hybridized carbons (Fsp3) is 0.533. The summed E-state index contributed by atoms with van der Waals surface area (Å²) in [5.41, 5.74) is 6.93. The fourth-order valence-corrected chi connectivity index (χ4v) is 4.20. The minimum Gasteiger partial charge on any atom is -0.399 e. The van der Waals surface area contributed by atoms with Crippen molar-refractivity contribution in [1.82, 2.24) is 0 Å². The zero-order valence-electron chi connectivity index (χ0n) is 11.8. The van der Waals surface area contributed by atoms with E-state index >= 15 is 0 Å². The van der Waals surface area contributed by atoms with E-state index in [0.29, 0.717) is 11.4 Å². The lowest BCUT2D eigenvalue weighted by Crippen LogP contribution is -2.35. The van der Waals surface area contributed by atoms with E-state index in [2.05, 4.69) is 5.32 Å². The van der Waals surface area contributed by atoms with Crippen molar-refractivity contribution >= 4 is 28.1 Å². The first kappa shape index (κ1) is 15.0. The molecule has 4 nitrogen and oxygen atoms in total. The van der Waals surface area contributed by atoms with Gasteiger partial charge >= 0.3 is 0 Å². The molecule has 1 aromatic carbocycles. The van der Waals surface area contributed by atoms with Gasteiger partial charge in [-0.1, -0.05) is 25.3 Å². The van der Waals surface area contributed by atoms with Gasteiger partial charge in [0.05, 0.1) is 0 Å². The number of amides is 1. The summed E-state index contributed by atoms with van der Waals surface area (Å²) < 4.78 is 12.4. The Morgan fingerprint density at radius 2 is 2.05 bits per heavy atom. The lowest BCUT2D eigenvalue weighted by Gasteiger charge is -2.23. The predicted octanol–water partition coefficient (Wildman–Crippen LogP) is 2.68. The molecule has 1 fully saturated rings. The van der Waals surface area contributed by atoms with Crippen molar-refractivity contribution < 1.29 is 9.00 Å². The van der Waals surface area contributed by atoms with E-state index in [0.717, 1.165) is 25.7 Å². The van der Waals surface area contributed by atoms with Crippen LogP contribution in [0.2, 0.25) is 0 Å². The van der Waals surface area contributed by atoms with Crippen LogP contribution in [-0.2, 0) is 15.6 Å². The summed E-state index contributed by atoms with van der Waals surface area (Å²) in [4.78, 5) is 12.2. The highest BCUT2D eigenvalue weighted by atomic mass is 32.2. The summed E-state index contributed by atoms with van der Waals surface area (Å²) in [7, 11) is -1.10. The van der Waals surface area contributed by atoms with Gasteiger partial charge in [0.1, 0.15) is 5.25 Å². The van der Waals surface area contributed by atoms with E-state index in [1.807, 2.05) is 0 Å². The molecule has 1 aromatic rings. The quantitative estimate of drug-likeness (QED) is 0.839. The maximum Gasteiger partial charge on any atom is 0.239 e. The van der Waals surface area contributed by atoms with E-state index in [4.69, 9.17) is 5.73 Å². The van der Waals surface area contributed by atoms with Gasteiger partial charge in [0.25, 0.3) is 0 Å². The second-order valence-corrected chi connectivity index (χ2v) is 7.38. The van der Waals surface area contributed by atoms with Crippen molar-refractivity contribution in [2.24, 2.45) is 0 Å². The van der Waals surface area contributed by atoms with Crippen LogP contribution in [0.1, 0.15) is 39.0 Å². The van der Waals surface area contributed by atoms with Crippen molar-refractivity contribution in [3.8, 4) is 0 Å². The molecule has 110 valence electrons. The molecule has 0 bridgehead atoms. The molecular weight excluding hydrogens is 272 g/mol. The smallest absolute Gasteiger partial charge is 0.239 e. The average Bonchev–Trinajstić information content (AvgIpc) is 2.46. The molecule has 0 radical (unpaired) electrons. The van der Waals surface area contributed by atoms with Gasteiger partial charge in [-0.25, -0.2) is 0 Å². The summed E-state index contributed by atoms with van der Waals surface area (Å²) in [5.74, 6) is -0.195. The van der Waals surface area contributed by atoms with E-state index in [1.54, 1.807) is 31.2 Å². The van der Waals surface area contributed by atoms with Crippen molar-refractivity contribution in [2.45, 2.75) is 49.5 Å². The fourth-order valence-electron chi connectivity index (χ4n) is 2.55. The van der Waals surface area contributed by atoms with Crippen LogP contribution >= 0.6 is 0 Å². The number of benzene rings is 1. The van der Waals surface area contributed by atoms with Gasteiger partial charge in [-0.2, -0.15) is 0 Å². The third kappa shape index (κ3) is 3.82. The van der Waals surface area contributed by atoms with Crippen molar-refractivity contribution in [2.75, 3.05) is 11.1 Å². The van der Waals surface area contributed by atoms with Crippen molar-refractivity contribution in [3.63, 3.8) is 0 Å². The topological polar surface area (TPSA) is 72.2 Å². The van der Waals surface area contributed by atoms with Crippen LogP contribution in [0, 0.1) is 0 Å². The summed E-state index contributed by atoms with van der Waals surface area (Å²) in [6, 6.07) is 7.03. The first-order valence-corrected chi connectivity index (χ1v) is 8.41. The Kier molecular flexibility index (Phi) is 5.17. The molecule has 1 saturated carbocycles. The Bertz CT molecular complexity index is 498.